The summed E-state index contributed by atoms with van der Waals surface area (Å²) < 4.78 is 28.1. The number of carbonyl (C=O) groups excluding carboxylic acids is 1. The molecule has 1 heterocycles. The number of amides is 1. The number of rotatable bonds is 6. The molecule has 3 aromatic carbocycles. The van der Waals surface area contributed by atoms with E-state index in [9.17, 15) is 4.79 Å². The van der Waals surface area contributed by atoms with Crippen LogP contribution in [0.1, 0.15) is 39.2 Å². The molecule has 1 amide bonds. The highest BCUT2D eigenvalue weighted by Gasteiger charge is 2.32. The maximum absolute atomic E-state index is 12.9. The Morgan fingerprint density at radius 1 is 0.829 bits per heavy atom. The van der Waals surface area contributed by atoms with Crippen LogP contribution in [0, 0.1) is 0 Å². The van der Waals surface area contributed by atoms with Crippen LogP contribution < -0.4 is 18.9 Å². The monoisotopic (exact) mass is 481 g/mol. The summed E-state index contributed by atoms with van der Waals surface area (Å²) in [6, 6.07) is 10.2. The van der Waals surface area contributed by atoms with Gasteiger partial charge in [-0.1, -0.05) is 6.07 Å². The van der Waals surface area contributed by atoms with E-state index in [0.29, 0.717) is 36.0 Å². The van der Waals surface area contributed by atoms with Gasteiger partial charge in [-0.2, -0.15) is 0 Å². The second-order valence-electron chi connectivity index (χ2n) is 9.89. The highest BCUT2D eigenvalue weighted by molar-refractivity contribution is 6.11. The van der Waals surface area contributed by atoms with Crippen molar-refractivity contribution in [3.05, 3.63) is 35.9 Å². The first kappa shape index (κ1) is 24.8. The van der Waals surface area contributed by atoms with Gasteiger partial charge in [-0.05, 0) is 91.4 Å². The van der Waals surface area contributed by atoms with Gasteiger partial charge in [-0.15, -0.1) is 0 Å². The molecule has 0 bridgehead atoms. The topological polar surface area (TPSA) is 66.5 Å². The fourth-order valence-electron chi connectivity index (χ4n) is 4.91. The van der Waals surface area contributed by atoms with Gasteiger partial charge in [0.25, 0.3) is 0 Å². The van der Waals surface area contributed by atoms with Crippen LogP contribution in [-0.4, -0.2) is 57.6 Å². The fourth-order valence-corrected chi connectivity index (χ4v) is 4.91. The van der Waals surface area contributed by atoms with Crippen molar-refractivity contribution in [2.75, 3.05) is 35.0 Å². The van der Waals surface area contributed by atoms with Crippen LogP contribution in [0.4, 0.5) is 4.79 Å². The lowest BCUT2D eigenvalue weighted by atomic mass is 9.92. The number of carbonyl (C=O) groups is 1. The Morgan fingerprint density at radius 2 is 1.37 bits per heavy atom. The average Bonchev–Trinajstić information content (AvgIpc) is 3.29. The summed E-state index contributed by atoms with van der Waals surface area (Å²) in [5.74, 6) is 2.65. The molecule has 7 heteroatoms. The van der Waals surface area contributed by atoms with Crippen molar-refractivity contribution in [3.63, 3.8) is 0 Å². The molecule has 1 aliphatic rings. The van der Waals surface area contributed by atoms with Crippen LogP contribution in [0.25, 0.3) is 21.5 Å². The number of nitrogens with zero attached hydrogens (tertiary/aromatic N) is 1. The molecule has 0 unspecified atom stereocenters. The molecule has 0 spiro atoms. The summed E-state index contributed by atoms with van der Waals surface area (Å²) in [4.78, 5) is 14.8. The summed E-state index contributed by atoms with van der Waals surface area (Å²) in [6.07, 6.45) is 2.33. The lowest BCUT2D eigenvalue weighted by Crippen LogP contribution is -2.40. The smallest absolute Gasteiger partial charge is 0.410 e. The first-order valence-electron chi connectivity index (χ1n) is 11.9. The molecule has 0 N–H and O–H groups in total. The Morgan fingerprint density at radius 3 is 1.94 bits per heavy atom. The largest absolute Gasteiger partial charge is 0.493 e. The molecule has 0 aliphatic carbocycles. The quantitative estimate of drug-likeness (QED) is 0.404. The zero-order chi connectivity index (χ0) is 25.3. The van der Waals surface area contributed by atoms with Gasteiger partial charge in [-0.25, -0.2) is 4.79 Å². The van der Waals surface area contributed by atoms with Crippen molar-refractivity contribution in [3.8, 4) is 23.0 Å². The van der Waals surface area contributed by atoms with Gasteiger partial charge in [0.05, 0.1) is 28.4 Å². The van der Waals surface area contributed by atoms with E-state index < -0.39 is 5.60 Å². The van der Waals surface area contributed by atoms with E-state index in [1.54, 1.807) is 28.4 Å². The molecule has 1 fully saturated rings. The third-order valence-corrected chi connectivity index (χ3v) is 6.51. The maximum Gasteiger partial charge on any atom is 0.410 e. The minimum absolute atomic E-state index is 0.0544. The Balaban J connectivity index is 1.86. The molecular weight excluding hydrogens is 446 g/mol. The second kappa shape index (κ2) is 9.72. The molecule has 4 rings (SSSR count). The van der Waals surface area contributed by atoms with Gasteiger partial charge >= 0.3 is 6.09 Å². The minimum Gasteiger partial charge on any atom is -0.493 e. The minimum atomic E-state index is -0.528. The zero-order valence-electron chi connectivity index (χ0n) is 21.7. The molecule has 7 nitrogen and oxygen atoms in total. The van der Waals surface area contributed by atoms with Gasteiger partial charge in [0.2, 0.25) is 0 Å². The number of hydrogen-bond acceptors (Lipinski definition) is 6. The third-order valence-electron chi connectivity index (χ3n) is 6.51. The van der Waals surface area contributed by atoms with E-state index in [1.165, 1.54) is 0 Å². The number of fused-ring (bicyclic) bond motifs is 3. The summed E-state index contributed by atoms with van der Waals surface area (Å²) >= 11 is 0. The summed E-state index contributed by atoms with van der Waals surface area (Å²) in [6.45, 7) is 6.39. The highest BCUT2D eigenvalue weighted by atomic mass is 16.6. The molecule has 35 heavy (non-hydrogen) atoms. The van der Waals surface area contributed by atoms with Crippen LogP contribution in [0.2, 0.25) is 0 Å². The lowest BCUT2D eigenvalue weighted by molar-refractivity contribution is 0.0227. The Bertz CT molecular complexity index is 1250. The number of likely N-dealkylation sites (tertiary alicyclic amines) is 1. The van der Waals surface area contributed by atoms with E-state index in [4.69, 9.17) is 23.7 Å². The van der Waals surface area contributed by atoms with Crippen molar-refractivity contribution in [1.29, 1.82) is 0 Å². The predicted molar refractivity (Wildman–Crippen MR) is 137 cm³/mol. The molecule has 1 atom stereocenters. The van der Waals surface area contributed by atoms with Gasteiger partial charge < -0.3 is 28.6 Å². The van der Waals surface area contributed by atoms with Crippen molar-refractivity contribution >= 4 is 27.6 Å². The second-order valence-corrected chi connectivity index (χ2v) is 9.89. The molecule has 0 aromatic heterocycles. The predicted octanol–water partition coefficient (Wildman–Crippen LogP) is 5.97. The van der Waals surface area contributed by atoms with Crippen LogP contribution in [0.5, 0.6) is 23.0 Å². The molecule has 0 saturated carbocycles. The van der Waals surface area contributed by atoms with Crippen LogP contribution in [0.3, 0.4) is 0 Å². The van der Waals surface area contributed by atoms with Crippen LogP contribution in [-0.2, 0) is 11.2 Å². The molecule has 3 aromatic rings. The molecular formula is C28H35NO6. The average molecular weight is 482 g/mol. The van der Waals surface area contributed by atoms with Crippen molar-refractivity contribution in [1.82, 2.24) is 4.90 Å². The summed E-state index contributed by atoms with van der Waals surface area (Å²) in [5, 5.41) is 4.13. The van der Waals surface area contributed by atoms with E-state index in [2.05, 4.69) is 6.07 Å². The van der Waals surface area contributed by atoms with Crippen molar-refractivity contribution in [2.45, 2.75) is 51.7 Å². The van der Waals surface area contributed by atoms with Crippen LogP contribution in [0.15, 0.2) is 30.3 Å². The van der Waals surface area contributed by atoms with Gasteiger partial charge in [-0.3, -0.25) is 0 Å². The number of methoxy groups -OCH3 is 4. The van der Waals surface area contributed by atoms with Crippen molar-refractivity contribution in [2.24, 2.45) is 0 Å². The first-order valence-corrected chi connectivity index (χ1v) is 11.9. The van der Waals surface area contributed by atoms with E-state index >= 15 is 0 Å². The van der Waals surface area contributed by atoms with Crippen molar-refractivity contribution < 1.29 is 28.5 Å². The summed E-state index contributed by atoms with van der Waals surface area (Å²) in [7, 11) is 6.54. The van der Waals surface area contributed by atoms with Gasteiger partial charge in [0.15, 0.2) is 23.0 Å². The normalized spacial score (nSPS) is 16.0. The number of hydrogen-bond donors (Lipinski definition) is 0. The number of ether oxygens (including phenoxy) is 5. The molecule has 0 radical (unpaired) electrons. The van der Waals surface area contributed by atoms with Crippen LogP contribution >= 0.6 is 0 Å². The SMILES string of the molecule is COc1cc2cc(C[C@H]3CCCN3C(=O)OC(C)(C)C)c3cc(OC)c(OC)cc3c2cc1OC. The fraction of sp³-hybridized carbons (Fsp3) is 0.464. The van der Waals surface area contributed by atoms with Gasteiger partial charge in [0.1, 0.15) is 5.60 Å². The van der Waals surface area contributed by atoms with Gasteiger partial charge in [0, 0.05) is 12.6 Å². The standard InChI is InChI=1S/C28H35NO6/c1-28(2,3)35-27(30)29-10-8-9-19(29)12-17-11-18-13-23(31-4)24(32-5)15-21(18)22-16-26(34-7)25(33-6)14-20(17)22/h11,13-16,19H,8-10,12H2,1-7H3/t19-/m1/s1. The zero-order valence-corrected chi connectivity index (χ0v) is 21.7. The maximum atomic E-state index is 12.9. The first-order chi connectivity index (χ1) is 16.7. The summed E-state index contributed by atoms with van der Waals surface area (Å²) in [5.41, 5.74) is 0.598. The Hall–Kier alpha value is -3.35. The Labute approximate surface area is 206 Å². The molecule has 1 aliphatic heterocycles. The molecule has 188 valence electrons. The Kier molecular flexibility index (Phi) is 6.88. The lowest BCUT2D eigenvalue weighted by Gasteiger charge is -2.29. The van der Waals surface area contributed by atoms with E-state index in [1.807, 2.05) is 49.9 Å². The van der Waals surface area contributed by atoms with E-state index in [-0.39, 0.29) is 12.1 Å². The third kappa shape index (κ3) is 4.90. The number of benzene rings is 3. The highest BCUT2D eigenvalue weighted by Crippen LogP contribution is 2.42. The van der Waals surface area contributed by atoms with E-state index in [0.717, 1.165) is 39.9 Å². The molecule has 1 saturated heterocycles.